The Morgan fingerprint density at radius 3 is 2.48 bits per heavy atom. The highest BCUT2D eigenvalue weighted by atomic mass is 16.2. The van der Waals surface area contributed by atoms with E-state index in [9.17, 15) is 4.79 Å². The Hall–Kier alpha value is -1.86. The van der Waals surface area contributed by atoms with Gasteiger partial charge in [0.1, 0.15) is 0 Å². The first-order chi connectivity index (χ1) is 10.2. The number of nitriles is 1. The van der Waals surface area contributed by atoms with Crippen molar-refractivity contribution in [1.29, 1.82) is 5.26 Å². The first-order valence-corrected chi connectivity index (χ1v) is 7.75. The van der Waals surface area contributed by atoms with Crippen LogP contribution in [-0.2, 0) is 4.79 Å². The van der Waals surface area contributed by atoms with Gasteiger partial charge in [0, 0.05) is 18.8 Å². The number of anilines is 1. The van der Waals surface area contributed by atoms with E-state index in [0.29, 0.717) is 17.8 Å². The lowest BCUT2D eigenvalue weighted by Crippen LogP contribution is -2.36. The van der Waals surface area contributed by atoms with Crippen molar-refractivity contribution in [1.82, 2.24) is 4.90 Å². The lowest BCUT2D eigenvalue weighted by molar-refractivity contribution is -0.117. The Labute approximate surface area is 125 Å². The highest BCUT2D eigenvalue weighted by molar-refractivity contribution is 5.92. The van der Waals surface area contributed by atoms with E-state index >= 15 is 0 Å². The Morgan fingerprint density at radius 1 is 1.24 bits per heavy atom. The zero-order valence-corrected chi connectivity index (χ0v) is 12.2. The van der Waals surface area contributed by atoms with E-state index < -0.39 is 0 Å². The summed E-state index contributed by atoms with van der Waals surface area (Å²) in [4.78, 5) is 14.5. The van der Waals surface area contributed by atoms with Gasteiger partial charge in [-0.3, -0.25) is 9.69 Å². The zero-order chi connectivity index (χ0) is 14.7. The van der Waals surface area contributed by atoms with Crippen LogP contribution in [0.25, 0.3) is 0 Å². The van der Waals surface area contributed by atoms with Crippen LogP contribution in [0.4, 0.5) is 5.69 Å². The molecule has 2 fully saturated rings. The number of rotatable bonds is 7. The van der Waals surface area contributed by atoms with Crippen molar-refractivity contribution in [3.8, 4) is 6.07 Å². The molecule has 1 aromatic carbocycles. The maximum Gasteiger partial charge on any atom is 0.238 e. The van der Waals surface area contributed by atoms with E-state index in [4.69, 9.17) is 5.26 Å². The zero-order valence-electron chi connectivity index (χ0n) is 12.2. The molecule has 0 heterocycles. The van der Waals surface area contributed by atoms with Crippen LogP contribution < -0.4 is 5.32 Å². The van der Waals surface area contributed by atoms with Crippen molar-refractivity contribution in [2.24, 2.45) is 11.8 Å². The first kappa shape index (κ1) is 14.1. The third-order valence-electron chi connectivity index (χ3n) is 4.07. The predicted octanol–water partition coefficient (Wildman–Crippen LogP) is 2.62. The SMILES string of the molecule is N#Cc1cccc(NC(=O)CN(CC2CC2)CC2CC2)c1. The Bertz CT molecular complexity index is 541. The summed E-state index contributed by atoms with van der Waals surface area (Å²) in [5, 5.41) is 11.8. The Balaban J connectivity index is 1.53. The van der Waals surface area contributed by atoms with Gasteiger partial charge in [-0.25, -0.2) is 0 Å². The van der Waals surface area contributed by atoms with E-state index in [1.165, 1.54) is 25.7 Å². The van der Waals surface area contributed by atoms with Crippen molar-refractivity contribution in [3.05, 3.63) is 29.8 Å². The Kier molecular flexibility index (Phi) is 4.21. The monoisotopic (exact) mass is 283 g/mol. The molecule has 0 bridgehead atoms. The molecule has 0 radical (unpaired) electrons. The minimum atomic E-state index is 0.0198. The van der Waals surface area contributed by atoms with Crippen molar-refractivity contribution >= 4 is 11.6 Å². The molecule has 21 heavy (non-hydrogen) atoms. The van der Waals surface area contributed by atoms with Crippen molar-refractivity contribution in [3.63, 3.8) is 0 Å². The van der Waals surface area contributed by atoms with Gasteiger partial charge in [-0.15, -0.1) is 0 Å². The molecule has 4 nitrogen and oxygen atoms in total. The summed E-state index contributed by atoms with van der Waals surface area (Å²) < 4.78 is 0. The second-order valence-corrected chi connectivity index (χ2v) is 6.32. The number of benzene rings is 1. The lowest BCUT2D eigenvalue weighted by atomic mass is 10.2. The number of nitrogens with zero attached hydrogens (tertiary/aromatic N) is 2. The molecule has 110 valence electrons. The molecule has 0 aromatic heterocycles. The molecule has 0 spiro atoms. The van der Waals surface area contributed by atoms with Crippen molar-refractivity contribution in [2.75, 3.05) is 25.0 Å². The van der Waals surface area contributed by atoms with E-state index in [1.54, 1.807) is 18.2 Å². The molecule has 1 N–H and O–H groups in total. The molecule has 4 heteroatoms. The average Bonchev–Trinajstić information content (AvgIpc) is 3.35. The van der Waals surface area contributed by atoms with Gasteiger partial charge in [0.05, 0.1) is 18.2 Å². The van der Waals surface area contributed by atoms with Crippen molar-refractivity contribution in [2.45, 2.75) is 25.7 Å². The molecule has 3 rings (SSSR count). The first-order valence-electron chi connectivity index (χ1n) is 7.75. The lowest BCUT2D eigenvalue weighted by Gasteiger charge is -2.21. The number of hydrogen-bond acceptors (Lipinski definition) is 3. The molecule has 0 unspecified atom stereocenters. The second kappa shape index (κ2) is 6.28. The molecule has 2 aliphatic carbocycles. The van der Waals surface area contributed by atoms with Crippen LogP contribution >= 0.6 is 0 Å². The van der Waals surface area contributed by atoms with Gasteiger partial charge in [-0.05, 0) is 55.7 Å². The minimum Gasteiger partial charge on any atom is -0.325 e. The third-order valence-corrected chi connectivity index (χ3v) is 4.07. The number of carbonyl (C=O) groups excluding carboxylic acids is 1. The van der Waals surface area contributed by atoms with Crippen molar-refractivity contribution < 1.29 is 4.79 Å². The minimum absolute atomic E-state index is 0.0198. The normalized spacial score (nSPS) is 17.5. The molecule has 0 saturated heterocycles. The number of amides is 1. The molecular formula is C17H21N3O. The molecule has 1 amide bonds. The summed E-state index contributed by atoms with van der Waals surface area (Å²) in [5.74, 6) is 1.63. The number of hydrogen-bond donors (Lipinski definition) is 1. The summed E-state index contributed by atoms with van der Waals surface area (Å²) in [7, 11) is 0. The molecule has 0 atom stereocenters. The van der Waals surface area contributed by atoms with Crippen LogP contribution in [-0.4, -0.2) is 30.4 Å². The van der Waals surface area contributed by atoms with Gasteiger partial charge in [-0.2, -0.15) is 5.26 Å². The van der Waals surface area contributed by atoms with Gasteiger partial charge >= 0.3 is 0 Å². The predicted molar refractivity (Wildman–Crippen MR) is 81.7 cm³/mol. The average molecular weight is 283 g/mol. The summed E-state index contributed by atoms with van der Waals surface area (Å²) in [6, 6.07) is 9.16. The van der Waals surface area contributed by atoms with Gasteiger partial charge in [0.2, 0.25) is 5.91 Å². The second-order valence-electron chi connectivity index (χ2n) is 6.32. The highest BCUT2D eigenvalue weighted by Gasteiger charge is 2.29. The summed E-state index contributed by atoms with van der Waals surface area (Å²) in [5.41, 5.74) is 1.28. The Morgan fingerprint density at radius 2 is 1.90 bits per heavy atom. The summed E-state index contributed by atoms with van der Waals surface area (Å²) in [6.07, 6.45) is 5.25. The molecule has 0 aliphatic heterocycles. The van der Waals surface area contributed by atoms with Crippen LogP contribution in [0.3, 0.4) is 0 Å². The van der Waals surface area contributed by atoms with Gasteiger partial charge < -0.3 is 5.32 Å². The van der Waals surface area contributed by atoms with Gasteiger partial charge in [0.15, 0.2) is 0 Å². The molecule has 1 aromatic rings. The fraction of sp³-hybridized carbons (Fsp3) is 0.529. The van der Waals surface area contributed by atoms with Crippen LogP contribution in [0.5, 0.6) is 0 Å². The van der Waals surface area contributed by atoms with E-state index in [-0.39, 0.29) is 5.91 Å². The fourth-order valence-electron chi connectivity index (χ4n) is 2.60. The maximum absolute atomic E-state index is 12.2. The van der Waals surface area contributed by atoms with E-state index in [1.807, 2.05) is 6.07 Å². The van der Waals surface area contributed by atoms with Crippen LogP contribution in [0, 0.1) is 23.2 Å². The van der Waals surface area contributed by atoms with Crippen LogP contribution in [0.1, 0.15) is 31.2 Å². The van der Waals surface area contributed by atoms with Gasteiger partial charge in [0.25, 0.3) is 0 Å². The summed E-state index contributed by atoms with van der Waals surface area (Å²) in [6.45, 7) is 2.58. The standard InChI is InChI=1S/C17H21N3O/c18-9-15-2-1-3-16(8-15)19-17(21)12-20(10-13-4-5-13)11-14-6-7-14/h1-3,8,13-14H,4-7,10-12H2,(H,19,21). The number of nitrogens with one attached hydrogen (secondary N) is 1. The largest absolute Gasteiger partial charge is 0.325 e. The van der Waals surface area contributed by atoms with E-state index in [2.05, 4.69) is 16.3 Å². The maximum atomic E-state index is 12.2. The third kappa shape index (κ3) is 4.57. The molecule has 2 aliphatic rings. The quantitative estimate of drug-likeness (QED) is 0.837. The summed E-state index contributed by atoms with van der Waals surface area (Å²) >= 11 is 0. The van der Waals surface area contributed by atoms with Crippen LogP contribution in [0.2, 0.25) is 0 Å². The molecule has 2 saturated carbocycles. The van der Waals surface area contributed by atoms with Crippen LogP contribution in [0.15, 0.2) is 24.3 Å². The fourth-order valence-corrected chi connectivity index (χ4v) is 2.60. The topological polar surface area (TPSA) is 56.1 Å². The smallest absolute Gasteiger partial charge is 0.238 e. The highest BCUT2D eigenvalue weighted by Crippen LogP contribution is 2.33. The van der Waals surface area contributed by atoms with E-state index in [0.717, 1.165) is 24.9 Å². The number of carbonyl (C=O) groups is 1. The molecular weight excluding hydrogens is 262 g/mol. The van der Waals surface area contributed by atoms with Gasteiger partial charge in [-0.1, -0.05) is 6.07 Å².